The molecule has 1 amide bonds. The van der Waals surface area contributed by atoms with Gasteiger partial charge in [-0.15, -0.1) is 22.7 Å². The van der Waals surface area contributed by atoms with Crippen molar-refractivity contribution in [1.29, 1.82) is 0 Å². The van der Waals surface area contributed by atoms with Gasteiger partial charge in [0.2, 0.25) is 0 Å². The molecule has 1 aromatic carbocycles. The number of benzene rings is 1. The molecule has 0 bridgehead atoms. The number of rotatable bonds is 7. The molecule has 7 heteroatoms. The number of nitrogens with zero attached hydrogens (tertiary/aromatic N) is 1. The zero-order valence-electron chi connectivity index (χ0n) is 15.1. The summed E-state index contributed by atoms with van der Waals surface area (Å²) in [7, 11) is 0. The summed E-state index contributed by atoms with van der Waals surface area (Å²) in [5.74, 6) is -0.400. The number of ether oxygens (including phenoxy) is 1. The molecule has 5 nitrogen and oxygen atoms in total. The van der Waals surface area contributed by atoms with Crippen molar-refractivity contribution in [2.75, 3.05) is 11.9 Å². The summed E-state index contributed by atoms with van der Waals surface area (Å²) in [5.41, 5.74) is 2.53. The molecule has 0 aliphatic heterocycles. The summed E-state index contributed by atoms with van der Waals surface area (Å²) >= 11 is 3.10. The van der Waals surface area contributed by atoms with Gasteiger partial charge in [0.1, 0.15) is 5.01 Å². The average molecular weight is 401 g/mol. The molecule has 0 saturated heterocycles. The Kier molecular flexibility index (Phi) is 6.36. The van der Waals surface area contributed by atoms with Crippen LogP contribution in [0.5, 0.6) is 0 Å². The van der Waals surface area contributed by atoms with Crippen LogP contribution < -0.4 is 5.32 Å². The Morgan fingerprint density at radius 1 is 1.15 bits per heavy atom. The monoisotopic (exact) mass is 400 g/mol. The van der Waals surface area contributed by atoms with Crippen LogP contribution in [0.3, 0.4) is 0 Å². The lowest BCUT2D eigenvalue weighted by Gasteiger charge is -2.08. The largest absolute Gasteiger partial charge is 0.455 e. The van der Waals surface area contributed by atoms with Crippen LogP contribution in [0.2, 0.25) is 0 Å². The maximum absolute atomic E-state index is 11.9. The molecule has 0 fully saturated rings. The third-order valence-electron chi connectivity index (χ3n) is 3.83. The van der Waals surface area contributed by atoms with Gasteiger partial charge in [-0.3, -0.25) is 9.59 Å². The van der Waals surface area contributed by atoms with E-state index in [0.717, 1.165) is 9.88 Å². The molecule has 0 aliphatic rings. The lowest BCUT2D eigenvalue weighted by atomic mass is 10.0. The van der Waals surface area contributed by atoms with Gasteiger partial charge in [0.05, 0.1) is 17.0 Å². The van der Waals surface area contributed by atoms with Crippen molar-refractivity contribution in [3.63, 3.8) is 0 Å². The van der Waals surface area contributed by atoms with E-state index in [1.807, 2.05) is 47.2 Å². The van der Waals surface area contributed by atoms with E-state index in [1.54, 1.807) is 11.3 Å². The number of aromatic nitrogens is 1. The highest BCUT2D eigenvalue weighted by atomic mass is 32.1. The maximum atomic E-state index is 11.9. The molecule has 0 aliphatic carbocycles. The molecular formula is C20H20N2O3S2. The first-order valence-electron chi connectivity index (χ1n) is 8.55. The predicted molar refractivity (Wildman–Crippen MR) is 109 cm³/mol. The molecule has 27 heavy (non-hydrogen) atoms. The van der Waals surface area contributed by atoms with Crippen molar-refractivity contribution in [2.45, 2.75) is 26.2 Å². The van der Waals surface area contributed by atoms with Crippen LogP contribution in [0.1, 0.15) is 31.0 Å². The molecule has 2 heterocycles. The van der Waals surface area contributed by atoms with Crippen molar-refractivity contribution in [3.05, 3.63) is 58.4 Å². The summed E-state index contributed by atoms with van der Waals surface area (Å²) in [4.78, 5) is 29.4. The average Bonchev–Trinajstić information content (AvgIpc) is 3.32. The van der Waals surface area contributed by atoms with E-state index < -0.39 is 5.97 Å². The Morgan fingerprint density at radius 2 is 1.93 bits per heavy atom. The van der Waals surface area contributed by atoms with Crippen molar-refractivity contribution in [3.8, 4) is 9.88 Å². The number of hydrogen-bond donors (Lipinski definition) is 1. The smallest absolute Gasteiger partial charge is 0.312 e. The molecule has 140 valence electrons. The highest BCUT2D eigenvalue weighted by Gasteiger charge is 2.12. The number of esters is 1. The zero-order valence-corrected chi connectivity index (χ0v) is 16.7. The number of hydrogen-bond acceptors (Lipinski definition) is 6. The van der Waals surface area contributed by atoms with E-state index in [2.05, 4.69) is 24.1 Å². The van der Waals surface area contributed by atoms with Crippen LogP contribution in [0.15, 0.2) is 47.2 Å². The van der Waals surface area contributed by atoms with Crippen LogP contribution >= 0.6 is 22.7 Å². The minimum Gasteiger partial charge on any atom is -0.455 e. The van der Waals surface area contributed by atoms with E-state index in [9.17, 15) is 9.59 Å². The number of thiazole rings is 1. The normalized spacial score (nSPS) is 10.8. The highest BCUT2D eigenvalue weighted by Crippen LogP contribution is 2.27. The number of carbonyl (C=O) groups is 2. The van der Waals surface area contributed by atoms with Gasteiger partial charge in [0.15, 0.2) is 6.61 Å². The molecule has 1 N–H and O–H groups in total. The minimum atomic E-state index is -0.469. The molecule has 0 atom stereocenters. The molecule has 0 unspecified atom stereocenters. The van der Waals surface area contributed by atoms with Gasteiger partial charge >= 0.3 is 5.97 Å². The number of anilines is 1. The fraction of sp³-hybridized carbons (Fsp3) is 0.250. The summed E-state index contributed by atoms with van der Waals surface area (Å²) in [5, 5.41) is 7.43. The Labute approximate surface area is 166 Å². The van der Waals surface area contributed by atoms with Gasteiger partial charge in [-0.05, 0) is 35.1 Å². The molecule has 0 radical (unpaired) electrons. The molecular weight excluding hydrogens is 380 g/mol. The number of thiophene rings is 1. The SMILES string of the molecule is CC(C)c1ccc(NC(=O)COC(=O)Cc2csc(-c3cccs3)n2)cc1. The van der Waals surface area contributed by atoms with Crippen LogP contribution in [0.25, 0.3) is 9.88 Å². The summed E-state index contributed by atoms with van der Waals surface area (Å²) < 4.78 is 5.06. The molecule has 3 aromatic rings. The summed E-state index contributed by atoms with van der Waals surface area (Å²) in [6.07, 6.45) is 0.0538. The first kappa shape index (κ1) is 19.3. The Morgan fingerprint density at radius 3 is 2.59 bits per heavy atom. The van der Waals surface area contributed by atoms with Gasteiger partial charge in [0.25, 0.3) is 5.91 Å². The quantitative estimate of drug-likeness (QED) is 0.583. The van der Waals surface area contributed by atoms with E-state index >= 15 is 0 Å². The van der Waals surface area contributed by atoms with Gasteiger partial charge in [-0.1, -0.05) is 32.0 Å². The lowest BCUT2D eigenvalue weighted by Crippen LogP contribution is -2.21. The first-order valence-corrected chi connectivity index (χ1v) is 10.3. The maximum Gasteiger partial charge on any atom is 0.312 e. The summed E-state index contributed by atoms with van der Waals surface area (Å²) in [6, 6.07) is 11.6. The fourth-order valence-corrected chi connectivity index (χ4v) is 4.03. The van der Waals surface area contributed by atoms with Crippen molar-refractivity contribution in [1.82, 2.24) is 4.98 Å². The number of carbonyl (C=O) groups excluding carboxylic acids is 2. The van der Waals surface area contributed by atoms with E-state index in [4.69, 9.17) is 4.74 Å². The van der Waals surface area contributed by atoms with E-state index in [0.29, 0.717) is 17.3 Å². The molecule has 0 saturated carbocycles. The third-order valence-corrected chi connectivity index (χ3v) is 5.76. The van der Waals surface area contributed by atoms with Crippen LogP contribution in [-0.4, -0.2) is 23.5 Å². The molecule has 0 spiro atoms. The molecule has 3 rings (SSSR count). The topological polar surface area (TPSA) is 68.3 Å². The van der Waals surface area contributed by atoms with Crippen LogP contribution in [0.4, 0.5) is 5.69 Å². The van der Waals surface area contributed by atoms with Crippen molar-refractivity contribution >= 4 is 40.2 Å². The summed E-state index contributed by atoms with van der Waals surface area (Å²) in [6.45, 7) is 3.91. The Hall–Kier alpha value is -2.51. The van der Waals surface area contributed by atoms with Crippen LogP contribution in [-0.2, 0) is 20.7 Å². The predicted octanol–water partition coefficient (Wildman–Crippen LogP) is 4.72. The number of amides is 1. The number of nitrogens with one attached hydrogen (secondary N) is 1. The van der Waals surface area contributed by atoms with Crippen LogP contribution in [0, 0.1) is 0 Å². The van der Waals surface area contributed by atoms with Gasteiger partial charge in [-0.25, -0.2) is 4.98 Å². The lowest BCUT2D eigenvalue weighted by molar-refractivity contribution is -0.146. The second-order valence-electron chi connectivity index (χ2n) is 6.28. The Bertz CT molecular complexity index is 900. The van der Waals surface area contributed by atoms with E-state index in [1.165, 1.54) is 16.9 Å². The Balaban J connectivity index is 1.45. The fourth-order valence-electron chi connectivity index (χ4n) is 2.39. The van der Waals surface area contributed by atoms with Crippen molar-refractivity contribution in [2.24, 2.45) is 0 Å². The van der Waals surface area contributed by atoms with Crippen molar-refractivity contribution < 1.29 is 14.3 Å². The first-order chi connectivity index (χ1) is 13.0. The van der Waals surface area contributed by atoms with E-state index in [-0.39, 0.29) is 18.9 Å². The van der Waals surface area contributed by atoms with Gasteiger partial charge in [0, 0.05) is 11.1 Å². The highest BCUT2D eigenvalue weighted by molar-refractivity contribution is 7.20. The third kappa shape index (κ3) is 5.48. The molecule has 2 aromatic heterocycles. The standard InChI is InChI=1S/C20H20N2O3S2/c1-13(2)14-5-7-15(8-6-14)21-18(23)11-25-19(24)10-16-12-27-20(22-16)17-4-3-9-26-17/h3-9,12-13H,10-11H2,1-2H3,(H,21,23). The second kappa shape index (κ2) is 8.92. The zero-order chi connectivity index (χ0) is 19.2. The second-order valence-corrected chi connectivity index (χ2v) is 8.09. The minimum absolute atomic E-state index is 0.0538. The van der Waals surface area contributed by atoms with Gasteiger partial charge < -0.3 is 10.1 Å². The van der Waals surface area contributed by atoms with Gasteiger partial charge in [-0.2, -0.15) is 0 Å².